The summed E-state index contributed by atoms with van der Waals surface area (Å²) >= 11 is 1.49. The second kappa shape index (κ2) is 5.11. The molecule has 0 aromatic rings. The van der Waals surface area contributed by atoms with Gasteiger partial charge in [-0.3, -0.25) is 9.83 Å². The Bertz CT molecular complexity index is 315. The molecule has 98 valence electrons. The molecule has 3 N–H and O–H groups in total. The third-order valence-corrected chi connectivity index (χ3v) is 4.88. The van der Waals surface area contributed by atoms with Gasteiger partial charge < -0.3 is 15.3 Å². The molecule has 0 aromatic heterocycles. The van der Waals surface area contributed by atoms with E-state index < -0.39 is 12.2 Å². The number of aliphatic hydroxyl groups excluding tert-OH is 3. The molecule has 0 spiro atoms. The molecule has 2 heterocycles. The second-order valence-corrected chi connectivity index (χ2v) is 5.78. The van der Waals surface area contributed by atoms with Crippen molar-refractivity contribution in [1.82, 2.24) is 5.06 Å². The van der Waals surface area contributed by atoms with Crippen LogP contribution in [0.15, 0.2) is 4.99 Å². The van der Waals surface area contributed by atoms with Crippen LogP contribution in [0.4, 0.5) is 0 Å². The van der Waals surface area contributed by atoms with Crippen LogP contribution in [0.1, 0.15) is 6.42 Å². The summed E-state index contributed by atoms with van der Waals surface area (Å²) in [4.78, 5) is 9.44. The standard InChI is InChI=1S/C10H18N2O4S/c1-12(16-2)7-3-5-8(11-7)10(15)9(14)6(4-13)17-5/h5-6,8-10,13-15H,3-4H2,1-2H3/t5-,6-,8+,9-,10-/m1/s1. The zero-order valence-electron chi connectivity index (χ0n) is 9.85. The smallest absolute Gasteiger partial charge is 0.125 e. The van der Waals surface area contributed by atoms with E-state index in [1.165, 1.54) is 11.8 Å². The summed E-state index contributed by atoms with van der Waals surface area (Å²) < 4.78 is 0. The van der Waals surface area contributed by atoms with Gasteiger partial charge in [0.25, 0.3) is 0 Å². The summed E-state index contributed by atoms with van der Waals surface area (Å²) in [6.07, 6.45) is -1.16. The molecule has 5 atom stereocenters. The molecule has 2 aliphatic heterocycles. The first-order chi connectivity index (χ1) is 8.08. The summed E-state index contributed by atoms with van der Waals surface area (Å²) in [5.74, 6) is 0.764. The Morgan fingerprint density at radius 1 is 1.47 bits per heavy atom. The number of hydrogen-bond acceptors (Lipinski definition) is 7. The first kappa shape index (κ1) is 13.1. The first-order valence-corrected chi connectivity index (χ1v) is 6.49. The molecule has 7 heteroatoms. The average molecular weight is 262 g/mol. The first-order valence-electron chi connectivity index (χ1n) is 5.55. The lowest BCUT2D eigenvalue weighted by Gasteiger charge is -2.37. The third-order valence-electron chi connectivity index (χ3n) is 3.31. The zero-order valence-corrected chi connectivity index (χ0v) is 10.7. The molecular formula is C10H18N2O4S. The zero-order chi connectivity index (χ0) is 12.6. The topological polar surface area (TPSA) is 85.5 Å². The molecule has 2 rings (SSSR count). The van der Waals surface area contributed by atoms with Crippen molar-refractivity contribution in [1.29, 1.82) is 0 Å². The van der Waals surface area contributed by atoms with E-state index in [1.807, 2.05) is 0 Å². The van der Waals surface area contributed by atoms with E-state index in [1.54, 1.807) is 19.2 Å². The van der Waals surface area contributed by atoms with Crippen molar-refractivity contribution >= 4 is 17.6 Å². The maximum absolute atomic E-state index is 9.98. The van der Waals surface area contributed by atoms with E-state index in [0.29, 0.717) is 6.42 Å². The number of amidine groups is 1. The highest BCUT2D eigenvalue weighted by atomic mass is 32.2. The summed E-state index contributed by atoms with van der Waals surface area (Å²) in [7, 11) is 3.31. The van der Waals surface area contributed by atoms with Gasteiger partial charge in [-0.2, -0.15) is 0 Å². The fraction of sp³-hybridized carbons (Fsp3) is 0.900. The Labute approximate surface area is 104 Å². The molecule has 0 unspecified atom stereocenters. The van der Waals surface area contributed by atoms with Crippen molar-refractivity contribution < 1.29 is 20.2 Å². The van der Waals surface area contributed by atoms with Gasteiger partial charge in [-0.25, -0.2) is 5.06 Å². The monoisotopic (exact) mass is 262 g/mol. The van der Waals surface area contributed by atoms with Gasteiger partial charge in [-0.15, -0.1) is 11.8 Å². The quantitative estimate of drug-likeness (QED) is 0.545. The lowest BCUT2D eigenvalue weighted by atomic mass is 10.00. The minimum Gasteiger partial charge on any atom is -0.395 e. The molecule has 0 amide bonds. The van der Waals surface area contributed by atoms with E-state index in [9.17, 15) is 10.2 Å². The van der Waals surface area contributed by atoms with E-state index in [2.05, 4.69) is 4.99 Å². The van der Waals surface area contributed by atoms with Crippen molar-refractivity contribution in [2.24, 2.45) is 4.99 Å². The van der Waals surface area contributed by atoms with Crippen LogP contribution in [-0.2, 0) is 4.84 Å². The molecule has 17 heavy (non-hydrogen) atoms. The van der Waals surface area contributed by atoms with Crippen LogP contribution in [0.2, 0.25) is 0 Å². The number of rotatable bonds is 2. The van der Waals surface area contributed by atoms with Crippen LogP contribution in [0, 0.1) is 0 Å². The maximum atomic E-state index is 9.98. The Hall–Kier alpha value is -0.340. The fourth-order valence-electron chi connectivity index (χ4n) is 2.23. The van der Waals surface area contributed by atoms with Gasteiger partial charge in [0.1, 0.15) is 11.9 Å². The maximum Gasteiger partial charge on any atom is 0.125 e. The number of aliphatic imine (C=N–C) groups is 1. The number of hydrogen-bond donors (Lipinski definition) is 3. The minimum atomic E-state index is -0.929. The number of fused-ring (bicyclic) bond motifs is 1. The third kappa shape index (κ3) is 2.30. The van der Waals surface area contributed by atoms with E-state index in [0.717, 1.165) is 5.84 Å². The van der Waals surface area contributed by atoms with Crippen LogP contribution in [0.3, 0.4) is 0 Å². The molecule has 0 aliphatic carbocycles. The number of aliphatic hydroxyl groups is 3. The second-order valence-electron chi connectivity index (χ2n) is 4.30. The van der Waals surface area contributed by atoms with Gasteiger partial charge in [0.2, 0.25) is 0 Å². The predicted octanol–water partition coefficient (Wildman–Crippen LogP) is -1.15. The Kier molecular flexibility index (Phi) is 3.94. The summed E-state index contributed by atoms with van der Waals surface area (Å²) in [5, 5.41) is 30.3. The molecule has 6 nitrogen and oxygen atoms in total. The number of thioether (sulfide) groups is 1. The Balaban J connectivity index is 2.12. The lowest BCUT2D eigenvalue weighted by Crippen LogP contribution is -2.51. The normalized spacial score (nSPS) is 41.0. The van der Waals surface area contributed by atoms with E-state index in [4.69, 9.17) is 9.94 Å². The van der Waals surface area contributed by atoms with Crippen molar-refractivity contribution in [3.63, 3.8) is 0 Å². The molecule has 2 aliphatic rings. The molecule has 1 saturated heterocycles. The van der Waals surface area contributed by atoms with Gasteiger partial charge >= 0.3 is 0 Å². The van der Waals surface area contributed by atoms with Crippen molar-refractivity contribution in [2.75, 3.05) is 20.8 Å². The van der Waals surface area contributed by atoms with Crippen molar-refractivity contribution in [3.05, 3.63) is 0 Å². The minimum absolute atomic E-state index is 0.0955. The Morgan fingerprint density at radius 3 is 2.76 bits per heavy atom. The van der Waals surface area contributed by atoms with Crippen LogP contribution >= 0.6 is 11.8 Å². The van der Waals surface area contributed by atoms with Crippen molar-refractivity contribution in [2.45, 2.75) is 35.2 Å². The molecule has 0 saturated carbocycles. The Morgan fingerprint density at radius 2 is 2.18 bits per heavy atom. The van der Waals surface area contributed by atoms with Crippen LogP contribution in [0.5, 0.6) is 0 Å². The van der Waals surface area contributed by atoms with E-state index >= 15 is 0 Å². The van der Waals surface area contributed by atoms with E-state index in [-0.39, 0.29) is 23.1 Å². The van der Waals surface area contributed by atoms with Crippen LogP contribution in [-0.4, -0.2) is 75.7 Å². The van der Waals surface area contributed by atoms with Crippen molar-refractivity contribution in [3.8, 4) is 0 Å². The van der Waals surface area contributed by atoms with Gasteiger partial charge in [0.15, 0.2) is 0 Å². The molecular weight excluding hydrogens is 244 g/mol. The molecule has 0 bridgehead atoms. The largest absolute Gasteiger partial charge is 0.395 e. The molecule has 0 aromatic carbocycles. The van der Waals surface area contributed by atoms with Gasteiger partial charge in [0, 0.05) is 18.7 Å². The fourth-order valence-corrected chi connectivity index (χ4v) is 3.71. The highest BCUT2D eigenvalue weighted by Crippen LogP contribution is 2.39. The highest BCUT2D eigenvalue weighted by molar-refractivity contribution is 8.00. The summed E-state index contributed by atoms with van der Waals surface area (Å²) in [6, 6.07) is -0.314. The summed E-state index contributed by atoms with van der Waals surface area (Å²) in [6.45, 7) is -0.137. The van der Waals surface area contributed by atoms with Crippen LogP contribution < -0.4 is 0 Å². The number of nitrogens with zero attached hydrogens (tertiary/aromatic N) is 2. The molecule has 1 fully saturated rings. The van der Waals surface area contributed by atoms with Crippen LogP contribution in [0.25, 0.3) is 0 Å². The lowest BCUT2D eigenvalue weighted by molar-refractivity contribution is -0.0432. The molecule has 0 radical (unpaired) electrons. The predicted molar refractivity (Wildman–Crippen MR) is 64.9 cm³/mol. The highest BCUT2D eigenvalue weighted by Gasteiger charge is 2.47. The number of hydroxylamine groups is 2. The van der Waals surface area contributed by atoms with Gasteiger partial charge in [0.05, 0.1) is 31.1 Å². The average Bonchev–Trinajstić information content (AvgIpc) is 2.76. The summed E-state index contributed by atoms with van der Waals surface area (Å²) in [5.41, 5.74) is 0. The van der Waals surface area contributed by atoms with Gasteiger partial charge in [-0.1, -0.05) is 0 Å². The van der Waals surface area contributed by atoms with Gasteiger partial charge in [-0.05, 0) is 0 Å². The SMILES string of the molecule is CON(C)C1=N[C@@H]2[C@@H](O)[C@H](O)[C@@H](CO)S[C@@H]2C1.